The van der Waals surface area contributed by atoms with E-state index in [4.69, 9.17) is 21.1 Å². The van der Waals surface area contributed by atoms with E-state index >= 15 is 0 Å². The van der Waals surface area contributed by atoms with Gasteiger partial charge in [-0.25, -0.2) is 8.42 Å². The van der Waals surface area contributed by atoms with Crippen LogP contribution in [0.3, 0.4) is 0 Å². The monoisotopic (exact) mass is 386 g/mol. The van der Waals surface area contributed by atoms with Crippen LogP contribution in [-0.2, 0) is 19.4 Å². The van der Waals surface area contributed by atoms with E-state index in [1.54, 1.807) is 12.1 Å². The maximum absolute atomic E-state index is 11.8. The van der Waals surface area contributed by atoms with Crippen molar-refractivity contribution in [2.45, 2.75) is 6.42 Å². The van der Waals surface area contributed by atoms with E-state index in [0.717, 1.165) is 0 Å². The molecule has 0 spiro atoms. The molecule has 0 aromatic heterocycles. The normalized spacial score (nSPS) is 20.6. The highest BCUT2D eigenvalue weighted by Gasteiger charge is 2.33. The fourth-order valence-corrected chi connectivity index (χ4v) is 4.54. The number of rotatable bonds is 3. The Bertz CT molecular complexity index is 852. The topological polar surface area (TPSA) is 111 Å². The van der Waals surface area contributed by atoms with E-state index < -0.39 is 27.6 Å². The summed E-state index contributed by atoms with van der Waals surface area (Å²) in [5, 5.41) is 0.366. The lowest BCUT2D eigenvalue weighted by Crippen LogP contribution is -2.44. The summed E-state index contributed by atoms with van der Waals surface area (Å²) in [5.41, 5.74) is 5.06. The van der Waals surface area contributed by atoms with Gasteiger partial charge in [-0.3, -0.25) is 20.4 Å². The number of hydrazine groups is 1. The third-order valence-corrected chi connectivity index (χ3v) is 5.84. The van der Waals surface area contributed by atoms with Gasteiger partial charge in [0.1, 0.15) is 0 Å². The average Bonchev–Trinajstić information content (AvgIpc) is 3.17. The number of halogens is 1. The summed E-state index contributed by atoms with van der Waals surface area (Å²) in [5.74, 6) is -0.978. The molecule has 0 aliphatic carbocycles. The molecule has 0 unspecified atom stereocenters. The lowest BCUT2D eigenvalue weighted by Gasteiger charge is -2.09. The standard InChI is InChI=1S/C15H15ClN2O6S/c16-11-5-9(6-12-14(11)24-8-23-12)1-2-13(19)17-18-15(20)10-3-4-25(21,22)7-10/h1-2,5-6,10H,3-4,7-8H2,(H,17,19)(H,18,20)/b2-1+/t10-/m1/s1. The molecule has 1 saturated heterocycles. The number of carbonyl (C=O) groups is 2. The van der Waals surface area contributed by atoms with Crippen molar-refractivity contribution in [3.05, 3.63) is 28.8 Å². The van der Waals surface area contributed by atoms with Gasteiger partial charge in [-0.2, -0.15) is 0 Å². The molecule has 1 fully saturated rings. The molecule has 0 saturated carbocycles. The molecule has 25 heavy (non-hydrogen) atoms. The van der Waals surface area contributed by atoms with Crippen molar-refractivity contribution in [1.82, 2.24) is 10.9 Å². The number of hydrogen-bond acceptors (Lipinski definition) is 6. The Morgan fingerprint density at radius 2 is 2.04 bits per heavy atom. The Balaban J connectivity index is 1.53. The molecule has 2 heterocycles. The predicted molar refractivity (Wildman–Crippen MR) is 89.7 cm³/mol. The molecule has 3 rings (SSSR count). The zero-order valence-electron chi connectivity index (χ0n) is 13.0. The molecule has 10 heteroatoms. The van der Waals surface area contributed by atoms with Crippen LogP contribution in [0.25, 0.3) is 6.08 Å². The number of benzene rings is 1. The second-order valence-corrected chi connectivity index (χ2v) is 8.28. The van der Waals surface area contributed by atoms with Crippen molar-refractivity contribution in [3.8, 4) is 11.5 Å². The summed E-state index contributed by atoms with van der Waals surface area (Å²) in [6, 6.07) is 3.28. The average molecular weight is 387 g/mol. The number of carbonyl (C=O) groups excluding carboxylic acids is 2. The highest BCUT2D eigenvalue weighted by atomic mass is 35.5. The first-order valence-electron chi connectivity index (χ1n) is 7.41. The van der Waals surface area contributed by atoms with Crippen LogP contribution in [0.15, 0.2) is 18.2 Å². The van der Waals surface area contributed by atoms with Crippen LogP contribution in [0.4, 0.5) is 0 Å². The molecule has 134 valence electrons. The van der Waals surface area contributed by atoms with Gasteiger partial charge in [0.15, 0.2) is 21.3 Å². The quantitative estimate of drug-likeness (QED) is 0.583. The molecule has 0 radical (unpaired) electrons. The molecule has 1 aromatic rings. The van der Waals surface area contributed by atoms with Crippen LogP contribution < -0.4 is 20.3 Å². The van der Waals surface area contributed by atoms with Crippen molar-refractivity contribution in [2.75, 3.05) is 18.3 Å². The summed E-state index contributed by atoms with van der Waals surface area (Å²) in [6.07, 6.45) is 2.96. The van der Waals surface area contributed by atoms with Crippen LogP contribution in [0.5, 0.6) is 11.5 Å². The maximum atomic E-state index is 11.8. The largest absolute Gasteiger partial charge is 0.454 e. The van der Waals surface area contributed by atoms with Crippen molar-refractivity contribution in [3.63, 3.8) is 0 Å². The van der Waals surface area contributed by atoms with E-state index in [1.165, 1.54) is 12.2 Å². The summed E-state index contributed by atoms with van der Waals surface area (Å²) >= 11 is 6.04. The van der Waals surface area contributed by atoms with Crippen LogP contribution >= 0.6 is 11.6 Å². The van der Waals surface area contributed by atoms with Gasteiger partial charge in [-0.15, -0.1) is 0 Å². The number of nitrogens with one attached hydrogen (secondary N) is 2. The van der Waals surface area contributed by atoms with Gasteiger partial charge >= 0.3 is 0 Å². The van der Waals surface area contributed by atoms with Gasteiger partial charge in [-0.1, -0.05) is 11.6 Å². The number of hydrogen-bond donors (Lipinski definition) is 2. The third kappa shape index (κ3) is 4.23. The molecule has 2 aliphatic rings. The van der Waals surface area contributed by atoms with Crippen LogP contribution in [0.2, 0.25) is 5.02 Å². The summed E-state index contributed by atoms with van der Waals surface area (Å²) in [6.45, 7) is 0.0889. The highest BCUT2D eigenvalue weighted by Crippen LogP contribution is 2.40. The highest BCUT2D eigenvalue weighted by molar-refractivity contribution is 7.91. The van der Waals surface area contributed by atoms with Gasteiger partial charge < -0.3 is 9.47 Å². The lowest BCUT2D eigenvalue weighted by molar-refractivity contribution is -0.129. The molecule has 8 nitrogen and oxygen atoms in total. The van der Waals surface area contributed by atoms with Gasteiger partial charge in [0.2, 0.25) is 12.7 Å². The van der Waals surface area contributed by atoms with Gasteiger partial charge in [0.25, 0.3) is 5.91 Å². The SMILES string of the molecule is O=C(/C=C/c1cc(Cl)c2c(c1)OCO2)NNC(=O)[C@@H]1CCS(=O)(=O)C1. The first-order valence-corrected chi connectivity index (χ1v) is 9.61. The minimum absolute atomic E-state index is 0.0101. The summed E-state index contributed by atoms with van der Waals surface area (Å²) < 4.78 is 33.1. The Kier molecular flexibility index (Phi) is 4.87. The molecule has 2 N–H and O–H groups in total. The first kappa shape index (κ1) is 17.6. The Morgan fingerprint density at radius 1 is 1.24 bits per heavy atom. The van der Waals surface area contributed by atoms with Crippen molar-refractivity contribution in [1.29, 1.82) is 0 Å². The van der Waals surface area contributed by atoms with Gasteiger partial charge in [-0.05, 0) is 30.2 Å². The second-order valence-electron chi connectivity index (χ2n) is 5.65. The van der Waals surface area contributed by atoms with Crippen molar-refractivity contribution >= 4 is 39.3 Å². The van der Waals surface area contributed by atoms with Crippen LogP contribution in [-0.4, -0.2) is 38.5 Å². The number of sulfone groups is 1. The molecule has 2 aliphatic heterocycles. The summed E-state index contributed by atoms with van der Waals surface area (Å²) in [4.78, 5) is 23.6. The van der Waals surface area contributed by atoms with Crippen molar-refractivity contribution < 1.29 is 27.5 Å². The smallest absolute Gasteiger partial charge is 0.262 e. The molecule has 0 bridgehead atoms. The zero-order chi connectivity index (χ0) is 18.0. The lowest BCUT2D eigenvalue weighted by atomic mass is 10.1. The van der Waals surface area contributed by atoms with Crippen molar-refractivity contribution in [2.24, 2.45) is 5.92 Å². The predicted octanol–water partition coefficient (Wildman–Crippen LogP) is 0.664. The van der Waals surface area contributed by atoms with Gasteiger partial charge in [0.05, 0.1) is 22.4 Å². The molecule has 1 atom stereocenters. The van der Waals surface area contributed by atoms with E-state index in [0.29, 0.717) is 22.1 Å². The number of fused-ring (bicyclic) bond motifs is 1. The number of ether oxygens (including phenoxy) is 2. The molecular formula is C15H15ClN2O6S. The Morgan fingerprint density at radius 3 is 2.76 bits per heavy atom. The van der Waals surface area contributed by atoms with E-state index in [1.807, 2.05) is 0 Å². The second kappa shape index (κ2) is 6.93. The van der Waals surface area contributed by atoms with Crippen LogP contribution in [0.1, 0.15) is 12.0 Å². The van der Waals surface area contributed by atoms with Gasteiger partial charge in [0, 0.05) is 6.08 Å². The zero-order valence-corrected chi connectivity index (χ0v) is 14.5. The number of amides is 2. The minimum atomic E-state index is -3.16. The fourth-order valence-electron chi connectivity index (χ4n) is 2.52. The third-order valence-electron chi connectivity index (χ3n) is 3.79. The molecule has 1 aromatic carbocycles. The van der Waals surface area contributed by atoms with E-state index in [9.17, 15) is 18.0 Å². The van der Waals surface area contributed by atoms with E-state index in [2.05, 4.69) is 10.9 Å². The maximum Gasteiger partial charge on any atom is 0.262 e. The fraction of sp³-hybridized carbons (Fsp3) is 0.333. The van der Waals surface area contributed by atoms with E-state index in [-0.39, 0.29) is 24.7 Å². The molecular weight excluding hydrogens is 372 g/mol. The Labute approximate surface area is 149 Å². The molecule has 2 amide bonds. The van der Waals surface area contributed by atoms with Crippen LogP contribution in [0, 0.1) is 5.92 Å². The minimum Gasteiger partial charge on any atom is -0.454 e. The first-order chi connectivity index (χ1) is 11.8. The summed E-state index contributed by atoms with van der Waals surface area (Å²) in [7, 11) is -3.16. The Hall–Kier alpha value is -2.26.